The lowest BCUT2D eigenvalue weighted by Gasteiger charge is -2.21. The molecule has 0 aromatic heterocycles. The van der Waals surface area contributed by atoms with Crippen molar-refractivity contribution in [1.82, 2.24) is 0 Å². The molecule has 2 rings (SSSR count). The molecule has 0 aromatic rings. The van der Waals surface area contributed by atoms with Crippen LogP contribution >= 0.6 is 0 Å². The van der Waals surface area contributed by atoms with E-state index in [2.05, 4.69) is 6.92 Å². The zero-order valence-electron chi connectivity index (χ0n) is 19.2. The molecule has 2 aliphatic rings. The minimum atomic E-state index is -0.756. The predicted octanol–water partition coefficient (Wildman–Crippen LogP) is 5.94. The second-order valence-electron chi connectivity index (χ2n) is 9.00. The van der Waals surface area contributed by atoms with Crippen LogP contribution in [0.15, 0.2) is 11.5 Å². The van der Waals surface area contributed by atoms with Gasteiger partial charge < -0.3 is 24.1 Å². The Balaban J connectivity index is 1.51. The van der Waals surface area contributed by atoms with Crippen LogP contribution in [0.1, 0.15) is 104 Å². The summed E-state index contributed by atoms with van der Waals surface area (Å²) in [6, 6.07) is 0. The molecule has 6 heteroatoms. The predicted molar refractivity (Wildman–Crippen MR) is 116 cm³/mol. The van der Waals surface area contributed by atoms with Gasteiger partial charge in [0.1, 0.15) is 6.10 Å². The summed E-state index contributed by atoms with van der Waals surface area (Å²) in [4.78, 5) is 11.8. The van der Waals surface area contributed by atoms with Crippen molar-refractivity contribution in [2.45, 2.75) is 122 Å². The summed E-state index contributed by atoms with van der Waals surface area (Å²) in [5.74, 6) is -1.74. The molecule has 1 N–H and O–H groups in total. The molecular formula is C24H42O6. The number of esters is 1. The topological polar surface area (TPSA) is 74.2 Å². The van der Waals surface area contributed by atoms with E-state index in [1.54, 1.807) is 0 Å². The van der Waals surface area contributed by atoms with Crippen LogP contribution in [0.3, 0.4) is 0 Å². The normalized spacial score (nSPS) is 23.2. The van der Waals surface area contributed by atoms with Crippen LogP contribution in [-0.2, 0) is 23.7 Å². The molecule has 0 radical (unpaired) electrons. The Morgan fingerprint density at radius 1 is 0.933 bits per heavy atom. The Labute approximate surface area is 182 Å². The van der Waals surface area contributed by atoms with Gasteiger partial charge in [-0.25, -0.2) is 4.79 Å². The molecule has 2 atom stereocenters. The van der Waals surface area contributed by atoms with Crippen molar-refractivity contribution in [2.24, 2.45) is 0 Å². The van der Waals surface area contributed by atoms with Crippen molar-refractivity contribution in [3.05, 3.63) is 11.5 Å². The van der Waals surface area contributed by atoms with Crippen molar-refractivity contribution in [2.75, 3.05) is 13.2 Å². The lowest BCUT2D eigenvalue weighted by molar-refractivity contribution is -0.163. The zero-order chi connectivity index (χ0) is 21.8. The van der Waals surface area contributed by atoms with Crippen LogP contribution in [-0.4, -0.2) is 42.3 Å². The highest BCUT2D eigenvalue weighted by atomic mass is 16.8. The van der Waals surface area contributed by atoms with Crippen LogP contribution in [0.4, 0.5) is 0 Å². The van der Waals surface area contributed by atoms with Crippen LogP contribution in [0, 0.1) is 0 Å². The molecule has 2 aliphatic heterocycles. The van der Waals surface area contributed by atoms with E-state index in [1.807, 2.05) is 13.8 Å². The van der Waals surface area contributed by atoms with Gasteiger partial charge in [0.25, 0.3) is 0 Å². The quantitative estimate of drug-likeness (QED) is 0.243. The summed E-state index contributed by atoms with van der Waals surface area (Å²) in [6.07, 6.45) is 15.5. The summed E-state index contributed by atoms with van der Waals surface area (Å²) in [6.45, 7) is 6.63. The minimum absolute atomic E-state index is 0.185. The van der Waals surface area contributed by atoms with E-state index >= 15 is 0 Å². The first-order valence-electron chi connectivity index (χ1n) is 12.0. The third kappa shape index (κ3) is 8.46. The van der Waals surface area contributed by atoms with Crippen LogP contribution in [0.2, 0.25) is 0 Å². The Kier molecular flexibility index (Phi) is 11.0. The second kappa shape index (κ2) is 13.2. The first-order chi connectivity index (χ1) is 14.4. The number of rotatable bonds is 16. The second-order valence-corrected chi connectivity index (χ2v) is 9.00. The molecule has 2 heterocycles. The van der Waals surface area contributed by atoms with E-state index in [4.69, 9.17) is 18.9 Å². The highest BCUT2D eigenvalue weighted by molar-refractivity contribution is 5.89. The lowest BCUT2D eigenvalue weighted by Crippen LogP contribution is -2.33. The van der Waals surface area contributed by atoms with E-state index in [-0.39, 0.29) is 5.76 Å². The Morgan fingerprint density at radius 2 is 1.47 bits per heavy atom. The summed E-state index contributed by atoms with van der Waals surface area (Å²) in [5, 5.41) is 10.0. The van der Waals surface area contributed by atoms with Gasteiger partial charge >= 0.3 is 5.97 Å². The fourth-order valence-corrected chi connectivity index (χ4v) is 4.02. The van der Waals surface area contributed by atoms with Gasteiger partial charge in [-0.1, -0.05) is 84.0 Å². The third-order valence-corrected chi connectivity index (χ3v) is 5.79. The fraction of sp³-hybridized carbons (Fsp3) is 0.875. The lowest BCUT2D eigenvalue weighted by atomic mass is 10.0. The number of ether oxygens (including phenoxy) is 4. The van der Waals surface area contributed by atoms with Gasteiger partial charge in [0.05, 0.1) is 13.2 Å². The number of carbonyl (C=O) groups excluding carboxylic acids is 1. The average molecular weight is 427 g/mol. The van der Waals surface area contributed by atoms with E-state index < -0.39 is 29.7 Å². The monoisotopic (exact) mass is 426 g/mol. The number of aliphatic hydroxyl groups is 1. The molecule has 0 aliphatic carbocycles. The van der Waals surface area contributed by atoms with Crippen molar-refractivity contribution in [1.29, 1.82) is 0 Å². The van der Waals surface area contributed by atoms with E-state index in [0.29, 0.717) is 13.2 Å². The molecule has 1 saturated heterocycles. The molecule has 0 aromatic carbocycles. The number of unbranched alkanes of at least 4 members (excludes halogenated alkanes) is 12. The van der Waals surface area contributed by atoms with E-state index in [9.17, 15) is 9.90 Å². The van der Waals surface area contributed by atoms with Gasteiger partial charge in [-0.05, 0) is 20.3 Å². The van der Waals surface area contributed by atoms with Crippen molar-refractivity contribution >= 4 is 5.97 Å². The molecule has 1 fully saturated rings. The molecule has 0 saturated carbocycles. The van der Waals surface area contributed by atoms with Crippen molar-refractivity contribution in [3.8, 4) is 0 Å². The van der Waals surface area contributed by atoms with Crippen LogP contribution < -0.4 is 0 Å². The Bertz CT molecular complexity index is 542. The summed E-state index contributed by atoms with van der Waals surface area (Å²) in [5.41, 5.74) is 0. The maximum absolute atomic E-state index is 11.8. The Morgan fingerprint density at radius 3 is 1.97 bits per heavy atom. The van der Waals surface area contributed by atoms with Crippen molar-refractivity contribution in [3.63, 3.8) is 0 Å². The highest BCUT2D eigenvalue weighted by Gasteiger charge is 2.47. The van der Waals surface area contributed by atoms with Gasteiger partial charge in [-0.2, -0.15) is 0 Å². The minimum Gasteiger partial charge on any atom is -0.499 e. The van der Waals surface area contributed by atoms with Crippen molar-refractivity contribution < 1.29 is 28.8 Å². The first kappa shape index (κ1) is 25.0. The number of cyclic esters (lactones) is 1. The number of hydrogen-bond acceptors (Lipinski definition) is 6. The highest BCUT2D eigenvalue weighted by Crippen LogP contribution is 2.33. The fourth-order valence-electron chi connectivity index (χ4n) is 4.02. The van der Waals surface area contributed by atoms with Gasteiger partial charge in [0.2, 0.25) is 5.76 Å². The molecule has 0 amide bonds. The van der Waals surface area contributed by atoms with Gasteiger partial charge in [0, 0.05) is 0 Å². The Hall–Kier alpha value is -1.27. The molecule has 0 unspecified atom stereocenters. The van der Waals surface area contributed by atoms with E-state index in [1.165, 1.54) is 70.6 Å². The maximum atomic E-state index is 11.8. The van der Waals surface area contributed by atoms with Gasteiger partial charge in [-0.15, -0.1) is 0 Å². The van der Waals surface area contributed by atoms with Crippen LogP contribution in [0.5, 0.6) is 0 Å². The van der Waals surface area contributed by atoms with Gasteiger partial charge in [-0.3, -0.25) is 0 Å². The summed E-state index contributed by atoms with van der Waals surface area (Å²) < 4.78 is 22.3. The first-order valence-corrected chi connectivity index (χ1v) is 12.0. The molecule has 30 heavy (non-hydrogen) atoms. The number of hydrogen-bond donors (Lipinski definition) is 1. The number of carbonyl (C=O) groups is 1. The SMILES string of the molecule is CCCCCCCCCCCCCCCOC1=C(O)C(=O)O[C@@H]1[C@@H]1COC(C)(C)O1. The molecule has 0 bridgehead atoms. The summed E-state index contributed by atoms with van der Waals surface area (Å²) in [7, 11) is 0. The molecule has 0 spiro atoms. The standard InChI is InChI=1S/C24H42O6/c1-4-5-6-7-8-9-10-11-12-13-14-15-16-17-27-22-20(25)23(26)29-21(22)19-18-28-24(2,3)30-19/h19,21,25H,4-18H2,1-3H3/t19-,21+/m0/s1. The summed E-state index contributed by atoms with van der Waals surface area (Å²) >= 11 is 0. The maximum Gasteiger partial charge on any atom is 0.378 e. The molecule has 174 valence electrons. The van der Waals surface area contributed by atoms with Gasteiger partial charge in [0.15, 0.2) is 17.7 Å². The molecular weight excluding hydrogens is 384 g/mol. The molecule has 6 nitrogen and oxygen atoms in total. The van der Waals surface area contributed by atoms with E-state index in [0.717, 1.165) is 12.8 Å². The smallest absolute Gasteiger partial charge is 0.378 e. The zero-order valence-corrected chi connectivity index (χ0v) is 19.2. The average Bonchev–Trinajstić information content (AvgIpc) is 3.21. The largest absolute Gasteiger partial charge is 0.499 e. The third-order valence-electron chi connectivity index (χ3n) is 5.79. The number of aliphatic hydroxyl groups excluding tert-OH is 1. The van der Waals surface area contributed by atoms with Crippen LogP contribution in [0.25, 0.3) is 0 Å².